The Balaban J connectivity index is 1.88. The minimum Gasteiger partial charge on any atom is -0.293 e. The number of aromatic nitrogens is 2. The summed E-state index contributed by atoms with van der Waals surface area (Å²) in [4.78, 5) is 19.4. The number of fused-ring (bicyclic) bond motifs is 1. The molecule has 0 amide bonds. The zero-order valence-corrected chi connectivity index (χ0v) is 14.3. The zero-order valence-electron chi connectivity index (χ0n) is 14.3. The van der Waals surface area contributed by atoms with Gasteiger partial charge in [-0.3, -0.25) is 14.1 Å². The minimum absolute atomic E-state index is 0.0186. The molecule has 24 heavy (non-hydrogen) atoms. The summed E-state index contributed by atoms with van der Waals surface area (Å²) in [5.41, 5.74) is 3.85. The molecule has 0 radical (unpaired) electrons. The first-order valence-corrected chi connectivity index (χ1v) is 8.41. The molecule has 0 aliphatic heterocycles. The van der Waals surface area contributed by atoms with E-state index in [0.29, 0.717) is 6.54 Å². The van der Waals surface area contributed by atoms with Crippen molar-refractivity contribution in [3.63, 3.8) is 0 Å². The Morgan fingerprint density at radius 1 is 1.08 bits per heavy atom. The van der Waals surface area contributed by atoms with Crippen molar-refractivity contribution in [2.75, 3.05) is 6.54 Å². The van der Waals surface area contributed by atoms with Gasteiger partial charge in [0.15, 0.2) is 0 Å². The normalized spacial score (nSPS) is 11.3. The van der Waals surface area contributed by atoms with Crippen molar-refractivity contribution in [3.8, 4) is 0 Å². The molecular formula is C20H23N3O. The molecule has 3 aromatic rings. The van der Waals surface area contributed by atoms with Gasteiger partial charge in [0.05, 0.1) is 5.69 Å². The number of nitrogens with zero attached hydrogens (tertiary/aromatic N) is 3. The average Bonchev–Trinajstić information content (AvgIpc) is 2.57. The monoisotopic (exact) mass is 321 g/mol. The molecule has 0 aliphatic rings. The fourth-order valence-electron chi connectivity index (χ4n) is 2.99. The van der Waals surface area contributed by atoms with Gasteiger partial charge in [-0.05, 0) is 37.1 Å². The van der Waals surface area contributed by atoms with E-state index in [9.17, 15) is 4.79 Å². The Bertz CT molecular complexity index is 871. The second-order valence-electron chi connectivity index (χ2n) is 6.17. The first-order valence-electron chi connectivity index (χ1n) is 8.41. The van der Waals surface area contributed by atoms with Crippen molar-refractivity contribution >= 4 is 5.65 Å². The van der Waals surface area contributed by atoms with Gasteiger partial charge in [-0.15, -0.1) is 0 Å². The molecule has 0 aliphatic carbocycles. The molecule has 4 nitrogen and oxygen atoms in total. The van der Waals surface area contributed by atoms with Crippen LogP contribution in [0.3, 0.4) is 0 Å². The number of aryl methyl sites for hydroxylation is 1. The molecule has 2 aromatic heterocycles. The van der Waals surface area contributed by atoms with E-state index in [1.807, 2.05) is 25.1 Å². The maximum absolute atomic E-state index is 12.4. The lowest BCUT2D eigenvalue weighted by Crippen LogP contribution is -2.26. The van der Waals surface area contributed by atoms with E-state index in [4.69, 9.17) is 4.98 Å². The molecule has 3 rings (SSSR count). The lowest BCUT2D eigenvalue weighted by Gasteiger charge is -2.21. The third-order valence-corrected chi connectivity index (χ3v) is 4.11. The maximum Gasteiger partial charge on any atom is 0.258 e. The van der Waals surface area contributed by atoms with Crippen LogP contribution in [0, 0.1) is 6.92 Å². The largest absolute Gasteiger partial charge is 0.293 e. The maximum atomic E-state index is 12.4. The SMILES string of the molecule is CCCN(Cc1ccccc1)Cc1cc(=O)n2cccc(C)c2n1. The Labute approximate surface area is 142 Å². The molecule has 0 bridgehead atoms. The molecule has 0 saturated heterocycles. The highest BCUT2D eigenvalue weighted by atomic mass is 16.1. The van der Waals surface area contributed by atoms with Gasteiger partial charge < -0.3 is 0 Å². The molecule has 4 heteroatoms. The number of hydrogen-bond acceptors (Lipinski definition) is 3. The van der Waals surface area contributed by atoms with Gasteiger partial charge in [-0.1, -0.05) is 43.3 Å². The molecule has 2 heterocycles. The van der Waals surface area contributed by atoms with Crippen LogP contribution in [0.4, 0.5) is 0 Å². The molecule has 124 valence electrons. The predicted octanol–water partition coefficient (Wildman–Crippen LogP) is 3.42. The molecule has 0 N–H and O–H groups in total. The van der Waals surface area contributed by atoms with Gasteiger partial charge in [-0.25, -0.2) is 4.98 Å². The van der Waals surface area contributed by atoms with Crippen molar-refractivity contribution in [2.24, 2.45) is 0 Å². The molecule has 0 saturated carbocycles. The molecular weight excluding hydrogens is 298 g/mol. The zero-order chi connectivity index (χ0) is 16.9. The fraction of sp³-hybridized carbons (Fsp3) is 0.300. The van der Waals surface area contributed by atoms with E-state index in [0.717, 1.165) is 36.4 Å². The van der Waals surface area contributed by atoms with Gasteiger partial charge in [0.1, 0.15) is 5.65 Å². The molecule has 0 unspecified atom stereocenters. The van der Waals surface area contributed by atoms with Crippen molar-refractivity contribution in [1.82, 2.24) is 14.3 Å². The Hall–Kier alpha value is -2.46. The average molecular weight is 321 g/mol. The lowest BCUT2D eigenvalue weighted by atomic mass is 10.2. The van der Waals surface area contributed by atoms with Crippen LogP contribution in [-0.2, 0) is 13.1 Å². The molecule has 1 aromatic carbocycles. The standard InChI is InChI=1S/C20H23N3O/c1-3-11-22(14-17-9-5-4-6-10-17)15-18-13-19(24)23-12-7-8-16(2)20(23)21-18/h4-10,12-13H,3,11,14-15H2,1-2H3. The highest BCUT2D eigenvalue weighted by Gasteiger charge is 2.10. The van der Waals surface area contributed by atoms with Gasteiger partial charge >= 0.3 is 0 Å². The van der Waals surface area contributed by atoms with Crippen molar-refractivity contribution in [3.05, 3.63) is 81.9 Å². The quantitative estimate of drug-likeness (QED) is 0.698. The van der Waals surface area contributed by atoms with Gasteiger partial charge in [0.2, 0.25) is 0 Å². The van der Waals surface area contributed by atoms with Crippen LogP contribution in [0.2, 0.25) is 0 Å². The summed E-state index contributed by atoms with van der Waals surface area (Å²) in [6.07, 6.45) is 2.84. The van der Waals surface area contributed by atoms with E-state index in [2.05, 4.69) is 36.1 Å². The van der Waals surface area contributed by atoms with Crippen LogP contribution >= 0.6 is 0 Å². The van der Waals surface area contributed by atoms with Crippen LogP contribution in [0.5, 0.6) is 0 Å². The third-order valence-electron chi connectivity index (χ3n) is 4.11. The number of pyridine rings is 1. The van der Waals surface area contributed by atoms with Crippen molar-refractivity contribution < 1.29 is 0 Å². The highest BCUT2D eigenvalue weighted by Crippen LogP contribution is 2.11. The second-order valence-corrected chi connectivity index (χ2v) is 6.17. The lowest BCUT2D eigenvalue weighted by molar-refractivity contribution is 0.254. The number of hydrogen-bond donors (Lipinski definition) is 0. The number of benzene rings is 1. The van der Waals surface area contributed by atoms with Crippen molar-refractivity contribution in [2.45, 2.75) is 33.4 Å². The highest BCUT2D eigenvalue weighted by molar-refractivity contribution is 5.46. The van der Waals surface area contributed by atoms with Gasteiger partial charge in [0.25, 0.3) is 5.56 Å². The van der Waals surface area contributed by atoms with Crippen LogP contribution in [0.1, 0.15) is 30.2 Å². The predicted molar refractivity (Wildman–Crippen MR) is 97.0 cm³/mol. The van der Waals surface area contributed by atoms with E-state index in [-0.39, 0.29) is 5.56 Å². The Morgan fingerprint density at radius 2 is 1.88 bits per heavy atom. The third kappa shape index (κ3) is 3.71. The Kier molecular flexibility index (Phi) is 5.06. The van der Waals surface area contributed by atoms with E-state index >= 15 is 0 Å². The summed E-state index contributed by atoms with van der Waals surface area (Å²) in [6, 6.07) is 15.9. The smallest absolute Gasteiger partial charge is 0.258 e. The fourth-order valence-corrected chi connectivity index (χ4v) is 2.99. The first kappa shape index (κ1) is 16.4. The summed E-state index contributed by atoms with van der Waals surface area (Å²) >= 11 is 0. The van der Waals surface area contributed by atoms with Gasteiger partial charge in [-0.2, -0.15) is 0 Å². The molecule has 0 spiro atoms. The second kappa shape index (κ2) is 7.41. The summed E-state index contributed by atoms with van der Waals surface area (Å²) in [7, 11) is 0. The van der Waals surface area contributed by atoms with E-state index in [1.54, 1.807) is 16.7 Å². The first-order chi connectivity index (χ1) is 11.7. The topological polar surface area (TPSA) is 37.6 Å². The van der Waals surface area contributed by atoms with Crippen LogP contribution in [0.25, 0.3) is 5.65 Å². The molecule has 0 atom stereocenters. The van der Waals surface area contributed by atoms with E-state index < -0.39 is 0 Å². The summed E-state index contributed by atoms with van der Waals surface area (Å²) in [6.45, 7) is 6.68. The summed E-state index contributed by atoms with van der Waals surface area (Å²) in [5, 5.41) is 0. The van der Waals surface area contributed by atoms with Crippen LogP contribution < -0.4 is 5.56 Å². The van der Waals surface area contributed by atoms with Crippen molar-refractivity contribution in [1.29, 1.82) is 0 Å². The Morgan fingerprint density at radius 3 is 2.62 bits per heavy atom. The van der Waals surface area contributed by atoms with E-state index in [1.165, 1.54) is 5.56 Å². The van der Waals surface area contributed by atoms with Crippen LogP contribution in [-0.4, -0.2) is 20.8 Å². The minimum atomic E-state index is -0.0186. The summed E-state index contributed by atoms with van der Waals surface area (Å²) < 4.78 is 1.61. The van der Waals surface area contributed by atoms with Crippen LogP contribution in [0.15, 0.2) is 59.5 Å². The summed E-state index contributed by atoms with van der Waals surface area (Å²) in [5.74, 6) is 0. The van der Waals surface area contributed by atoms with Gasteiger partial charge in [0, 0.05) is 25.4 Å². The number of rotatable bonds is 6. The molecule has 0 fully saturated rings.